The number of nitrogens with two attached hydrogens (primary N) is 1. The Kier molecular flexibility index (Phi) is 6.05. The molecule has 0 aliphatic carbocycles. The van der Waals surface area contributed by atoms with Crippen molar-refractivity contribution >= 4 is 50.3 Å². The third-order valence-electron chi connectivity index (χ3n) is 2.56. The van der Waals surface area contributed by atoms with E-state index in [0.717, 1.165) is 8.04 Å². The summed E-state index contributed by atoms with van der Waals surface area (Å²) in [5.74, 6) is -0.242. The van der Waals surface area contributed by atoms with Gasteiger partial charge in [-0.25, -0.2) is 0 Å². The molecule has 104 valence electrons. The number of nitrogens with one attached hydrogen (secondary N) is 1. The number of amidine groups is 1. The van der Waals surface area contributed by atoms with Gasteiger partial charge in [-0.3, -0.25) is 4.79 Å². The summed E-state index contributed by atoms with van der Waals surface area (Å²) < 4.78 is 1.66. The molecule has 0 aliphatic rings. The van der Waals surface area contributed by atoms with Gasteiger partial charge < -0.3 is 16.3 Å². The highest BCUT2D eigenvalue weighted by molar-refractivity contribution is 14.1. The normalized spacial score (nSPS) is 13.4. The van der Waals surface area contributed by atoms with Gasteiger partial charge >= 0.3 is 0 Å². The van der Waals surface area contributed by atoms with Crippen molar-refractivity contribution in [1.82, 2.24) is 5.32 Å². The fourth-order valence-corrected chi connectivity index (χ4v) is 2.48. The van der Waals surface area contributed by atoms with Crippen LogP contribution >= 0.6 is 38.5 Å². The van der Waals surface area contributed by atoms with Gasteiger partial charge in [0, 0.05) is 8.04 Å². The molecule has 1 atom stereocenters. The largest absolute Gasteiger partial charge is 0.409 e. The average Bonchev–Trinajstić information content (AvgIpc) is 2.37. The molecule has 5 nitrogen and oxygen atoms in total. The number of rotatable bonds is 4. The fourth-order valence-electron chi connectivity index (χ4n) is 1.53. The predicted molar refractivity (Wildman–Crippen MR) is 86.4 cm³/mol. The Hall–Kier alpha value is -0.830. The van der Waals surface area contributed by atoms with Crippen LogP contribution < -0.4 is 11.1 Å². The summed E-state index contributed by atoms with van der Waals surface area (Å²) in [6.07, 6.45) is 0. The second-order valence-corrected chi connectivity index (χ2v) is 6.42. The Morgan fingerprint density at radius 2 is 2.16 bits per heavy atom. The van der Waals surface area contributed by atoms with Gasteiger partial charge in [0.05, 0.1) is 11.6 Å². The number of hydrogen-bond donors (Lipinski definition) is 3. The van der Waals surface area contributed by atoms with Gasteiger partial charge in [0.2, 0.25) is 0 Å². The minimum atomic E-state index is -0.507. The van der Waals surface area contributed by atoms with Crippen LogP contribution in [0, 0.1) is 9.49 Å². The molecular formula is C12H15BrIN3O2. The van der Waals surface area contributed by atoms with Gasteiger partial charge in [-0.15, -0.1) is 0 Å². The van der Waals surface area contributed by atoms with E-state index in [0.29, 0.717) is 5.56 Å². The highest BCUT2D eigenvalue weighted by atomic mass is 127. The van der Waals surface area contributed by atoms with Crippen LogP contribution in [0.3, 0.4) is 0 Å². The van der Waals surface area contributed by atoms with E-state index < -0.39 is 6.04 Å². The molecule has 4 N–H and O–H groups in total. The minimum absolute atomic E-state index is 0.00615. The molecule has 1 aromatic rings. The highest BCUT2D eigenvalue weighted by Gasteiger charge is 2.22. The molecular weight excluding hydrogens is 425 g/mol. The van der Waals surface area contributed by atoms with Crippen LogP contribution in [0.15, 0.2) is 27.8 Å². The van der Waals surface area contributed by atoms with Gasteiger partial charge in [0.1, 0.15) is 0 Å². The number of amides is 1. The summed E-state index contributed by atoms with van der Waals surface area (Å²) in [5, 5.41) is 14.5. The molecule has 0 fully saturated rings. The number of oxime groups is 1. The first kappa shape index (κ1) is 16.2. The molecule has 1 aromatic carbocycles. The van der Waals surface area contributed by atoms with Crippen LogP contribution in [0.2, 0.25) is 0 Å². The number of hydrogen-bond acceptors (Lipinski definition) is 3. The third-order valence-corrected chi connectivity index (χ3v) is 3.99. The zero-order valence-corrected chi connectivity index (χ0v) is 14.3. The summed E-state index contributed by atoms with van der Waals surface area (Å²) in [4.78, 5) is 12.2. The summed E-state index contributed by atoms with van der Waals surface area (Å²) >= 11 is 5.42. The maximum Gasteiger partial charge on any atom is 0.252 e. The van der Waals surface area contributed by atoms with Crippen molar-refractivity contribution < 1.29 is 10.0 Å². The monoisotopic (exact) mass is 439 g/mol. The Bertz CT molecular complexity index is 506. The molecule has 1 amide bonds. The lowest BCUT2D eigenvalue weighted by atomic mass is 10.0. The van der Waals surface area contributed by atoms with Crippen LogP contribution in [0.25, 0.3) is 0 Å². The van der Waals surface area contributed by atoms with Crippen molar-refractivity contribution in [3.05, 3.63) is 31.8 Å². The molecule has 0 saturated carbocycles. The SMILES string of the molecule is CC(C)C(NC(=O)c1cc(Br)ccc1I)/C(N)=N/O. The van der Waals surface area contributed by atoms with Crippen molar-refractivity contribution in [2.45, 2.75) is 19.9 Å². The smallest absolute Gasteiger partial charge is 0.252 e. The second-order valence-electron chi connectivity index (χ2n) is 4.34. The van der Waals surface area contributed by atoms with Crippen LogP contribution in [0.1, 0.15) is 24.2 Å². The van der Waals surface area contributed by atoms with Gasteiger partial charge in [-0.1, -0.05) is 34.9 Å². The molecule has 7 heteroatoms. The topological polar surface area (TPSA) is 87.7 Å². The molecule has 1 unspecified atom stereocenters. The van der Waals surface area contributed by atoms with Crippen LogP contribution in [-0.2, 0) is 0 Å². The third kappa shape index (κ3) is 4.34. The Morgan fingerprint density at radius 1 is 1.53 bits per heavy atom. The number of carbonyl (C=O) groups is 1. The van der Waals surface area contributed by atoms with E-state index in [1.54, 1.807) is 6.07 Å². The minimum Gasteiger partial charge on any atom is -0.409 e. The van der Waals surface area contributed by atoms with Gasteiger partial charge in [0.15, 0.2) is 5.84 Å². The van der Waals surface area contributed by atoms with Gasteiger partial charge in [0.25, 0.3) is 5.91 Å². The summed E-state index contributed by atoms with van der Waals surface area (Å²) in [6.45, 7) is 3.77. The fraction of sp³-hybridized carbons (Fsp3) is 0.333. The molecule has 0 radical (unpaired) electrons. The van der Waals surface area contributed by atoms with E-state index in [1.807, 2.05) is 26.0 Å². The first-order chi connectivity index (χ1) is 8.86. The standard InChI is InChI=1S/C12H15BrIN3O2/c1-6(2)10(11(15)17-19)16-12(18)8-5-7(13)3-4-9(8)14/h3-6,10,19H,1-2H3,(H2,15,17)(H,16,18). The van der Waals surface area contributed by atoms with Crippen LogP contribution in [-0.4, -0.2) is 23.0 Å². The van der Waals surface area contributed by atoms with Crippen LogP contribution in [0.5, 0.6) is 0 Å². The van der Waals surface area contributed by atoms with Gasteiger partial charge in [-0.2, -0.15) is 0 Å². The molecule has 0 spiro atoms. The summed E-state index contributed by atoms with van der Waals surface area (Å²) in [5.41, 5.74) is 6.13. The molecule has 1 rings (SSSR count). The zero-order chi connectivity index (χ0) is 14.6. The van der Waals surface area contributed by atoms with E-state index in [-0.39, 0.29) is 17.7 Å². The Morgan fingerprint density at radius 3 is 2.68 bits per heavy atom. The average molecular weight is 440 g/mol. The lowest BCUT2D eigenvalue weighted by Crippen LogP contribution is -2.48. The molecule has 0 bridgehead atoms. The summed E-state index contributed by atoms with van der Waals surface area (Å²) in [6, 6.07) is 4.93. The number of benzene rings is 1. The highest BCUT2D eigenvalue weighted by Crippen LogP contribution is 2.18. The molecule has 0 aromatic heterocycles. The quantitative estimate of drug-likeness (QED) is 0.221. The van der Waals surface area contributed by atoms with Crippen molar-refractivity contribution in [1.29, 1.82) is 0 Å². The van der Waals surface area contributed by atoms with Crippen molar-refractivity contribution in [3.8, 4) is 0 Å². The van der Waals surface area contributed by atoms with Crippen LogP contribution in [0.4, 0.5) is 0 Å². The second kappa shape index (κ2) is 7.09. The van der Waals surface area contributed by atoms with E-state index in [1.165, 1.54) is 0 Å². The first-order valence-electron chi connectivity index (χ1n) is 5.60. The van der Waals surface area contributed by atoms with E-state index >= 15 is 0 Å². The molecule has 0 aliphatic heterocycles. The number of nitrogens with zero attached hydrogens (tertiary/aromatic N) is 1. The van der Waals surface area contributed by atoms with E-state index in [2.05, 4.69) is 49.0 Å². The lowest BCUT2D eigenvalue weighted by Gasteiger charge is -2.21. The van der Waals surface area contributed by atoms with E-state index in [9.17, 15) is 4.79 Å². The number of carbonyl (C=O) groups excluding carboxylic acids is 1. The predicted octanol–water partition coefficient (Wildman–Crippen LogP) is 2.55. The maximum absolute atomic E-state index is 12.2. The van der Waals surface area contributed by atoms with E-state index in [4.69, 9.17) is 10.9 Å². The van der Waals surface area contributed by atoms with Crippen molar-refractivity contribution in [3.63, 3.8) is 0 Å². The number of halogens is 2. The Labute approximate surface area is 133 Å². The molecule has 0 saturated heterocycles. The Balaban J connectivity index is 2.97. The van der Waals surface area contributed by atoms with Crippen molar-refractivity contribution in [2.75, 3.05) is 0 Å². The molecule has 0 heterocycles. The molecule has 19 heavy (non-hydrogen) atoms. The maximum atomic E-state index is 12.2. The van der Waals surface area contributed by atoms with Gasteiger partial charge in [-0.05, 0) is 46.7 Å². The van der Waals surface area contributed by atoms with Crippen molar-refractivity contribution in [2.24, 2.45) is 16.8 Å². The zero-order valence-electron chi connectivity index (χ0n) is 10.5. The lowest BCUT2D eigenvalue weighted by molar-refractivity contribution is 0.0938. The first-order valence-corrected chi connectivity index (χ1v) is 7.47. The summed E-state index contributed by atoms with van der Waals surface area (Å²) in [7, 11) is 0.